The van der Waals surface area contributed by atoms with E-state index in [2.05, 4.69) is 6.07 Å². The number of nitriles is 1. The SMILES string of the molecule is CCOC(=O)C(C)(CCC#N)c1ccc2ccccc2c1. The van der Waals surface area contributed by atoms with E-state index < -0.39 is 5.41 Å². The van der Waals surface area contributed by atoms with Gasteiger partial charge >= 0.3 is 5.97 Å². The molecule has 0 aliphatic carbocycles. The summed E-state index contributed by atoms with van der Waals surface area (Å²) < 4.78 is 5.22. The van der Waals surface area contributed by atoms with Crippen molar-refractivity contribution >= 4 is 16.7 Å². The van der Waals surface area contributed by atoms with Crippen molar-refractivity contribution < 1.29 is 9.53 Å². The predicted molar refractivity (Wildman–Crippen MR) is 82.8 cm³/mol. The fourth-order valence-corrected chi connectivity index (χ4v) is 2.49. The van der Waals surface area contributed by atoms with Gasteiger partial charge in [0.2, 0.25) is 0 Å². The van der Waals surface area contributed by atoms with E-state index in [0.717, 1.165) is 16.3 Å². The summed E-state index contributed by atoms with van der Waals surface area (Å²) in [6, 6.07) is 16.1. The minimum absolute atomic E-state index is 0.268. The lowest BCUT2D eigenvalue weighted by atomic mass is 9.78. The van der Waals surface area contributed by atoms with Crippen LogP contribution in [0, 0.1) is 11.3 Å². The lowest BCUT2D eigenvalue weighted by Gasteiger charge is -2.27. The first-order valence-electron chi connectivity index (χ1n) is 7.15. The van der Waals surface area contributed by atoms with Gasteiger partial charge in [0, 0.05) is 6.42 Å². The topological polar surface area (TPSA) is 50.1 Å². The predicted octanol–water partition coefficient (Wildman–Crippen LogP) is 3.96. The first-order chi connectivity index (χ1) is 10.1. The normalized spacial score (nSPS) is 13.4. The molecule has 0 radical (unpaired) electrons. The van der Waals surface area contributed by atoms with Crippen molar-refractivity contribution in [2.45, 2.75) is 32.1 Å². The van der Waals surface area contributed by atoms with Crippen molar-refractivity contribution in [1.29, 1.82) is 5.26 Å². The van der Waals surface area contributed by atoms with Crippen molar-refractivity contribution in [1.82, 2.24) is 0 Å². The Balaban J connectivity index is 2.47. The van der Waals surface area contributed by atoms with Gasteiger partial charge in [-0.1, -0.05) is 42.5 Å². The molecule has 0 amide bonds. The van der Waals surface area contributed by atoms with Crippen LogP contribution in [0.1, 0.15) is 32.3 Å². The van der Waals surface area contributed by atoms with Crippen LogP contribution in [0.15, 0.2) is 42.5 Å². The third-order valence-electron chi connectivity index (χ3n) is 3.85. The number of esters is 1. The monoisotopic (exact) mass is 281 g/mol. The average molecular weight is 281 g/mol. The van der Waals surface area contributed by atoms with E-state index in [1.54, 1.807) is 6.92 Å². The molecule has 2 rings (SSSR count). The van der Waals surface area contributed by atoms with E-state index in [4.69, 9.17) is 10.00 Å². The van der Waals surface area contributed by atoms with Crippen molar-refractivity contribution in [2.24, 2.45) is 0 Å². The van der Waals surface area contributed by atoms with E-state index in [1.165, 1.54) is 0 Å². The maximum absolute atomic E-state index is 12.4. The molecule has 2 aromatic rings. The van der Waals surface area contributed by atoms with Crippen LogP contribution in [0.3, 0.4) is 0 Å². The highest BCUT2D eigenvalue weighted by molar-refractivity contribution is 5.87. The zero-order valence-corrected chi connectivity index (χ0v) is 12.4. The smallest absolute Gasteiger partial charge is 0.316 e. The molecule has 0 aromatic heterocycles. The number of hydrogen-bond donors (Lipinski definition) is 0. The molecule has 108 valence electrons. The Kier molecular flexibility index (Phi) is 4.59. The van der Waals surface area contributed by atoms with Gasteiger partial charge in [-0.05, 0) is 36.6 Å². The van der Waals surface area contributed by atoms with E-state index in [1.807, 2.05) is 49.4 Å². The van der Waals surface area contributed by atoms with Crippen molar-refractivity contribution in [3.8, 4) is 6.07 Å². The van der Waals surface area contributed by atoms with Crippen LogP contribution >= 0.6 is 0 Å². The summed E-state index contributed by atoms with van der Waals surface area (Å²) in [4.78, 5) is 12.4. The highest BCUT2D eigenvalue weighted by Gasteiger charge is 2.36. The van der Waals surface area contributed by atoms with E-state index in [0.29, 0.717) is 19.4 Å². The summed E-state index contributed by atoms with van der Waals surface area (Å²) in [5, 5.41) is 11.1. The van der Waals surface area contributed by atoms with Crippen molar-refractivity contribution in [3.05, 3.63) is 48.0 Å². The average Bonchev–Trinajstić information content (AvgIpc) is 2.52. The lowest BCUT2D eigenvalue weighted by Crippen LogP contribution is -2.34. The first kappa shape index (κ1) is 15.1. The molecule has 0 fully saturated rings. The van der Waals surface area contributed by atoms with Gasteiger partial charge in [0.15, 0.2) is 0 Å². The van der Waals surface area contributed by atoms with Crippen LogP contribution in [-0.4, -0.2) is 12.6 Å². The van der Waals surface area contributed by atoms with E-state index in [-0.39, 0.29) is 5.97 Å². The number of benzene rings is 2. The molecule has 0 saturated carbocycles. The molecule has 2 aromatic carbocycles. The summed E-state index contributed by atoms with van der Waals surface area (Å²) in [6.07, 6.45) is 0.781. The van der Waals surface area contributed by atoms with Crippen LogP contribution < -0.4 is 0 Å². The quantitative estimate of drug-likeness (QED) is 0.779. The number of rotatable bonds is 5. The molecular formula is C18H19NO2. The molecule has 0 bridgehead atoms. The van der Waals surface area contributed by atoms with Gasteiger partial charge in [0.1, 0.15) is 0 Å². The second kappa shape index (κ2) is 6.41. The molecule has 3 heteroatoms. The van der Waals surface area contributed by atoms with Gasteiger partial charge < -0.3 is 4.74 Å². The molecule has 3 nitrogen and oxygen atoms in total. The second-order valence-corrected chi connectivity index (χ2v) is 5.27. The van der Waals surface area contributed by atoms with Crippen LogP contribution in [0.5, 0.6) is 0 Å². The number of hydrogen-bond acceptors (Lipinski definition) is 3. The van der Waals surface area contributed by atoms with Gasteiger partial charge in [-0.3, -0.25) is 4.79 Å². The minimum Gasteiger partial charge on any atom is -0.465 e. The number of carbonyl (C=O) groups is 1. The maximum Gasteiger partial charge on any atom is 0.316 e. The van der Waals surface area contributed by atoms with Gasteiger partial charge in [-0.15, -0.1) is 0 Å². The molecule has 0 heterocycles. The standard InChI is InChI=1S/C18H19NO2/c1-3-21-17(20)18(2,11-6-12-19)16-10-9-14-7-4-5-8-15(14)13-16/h4-5,7-10,13H,3,6,11H2,1-2H3. The Morgan fingerprint density at radius 2 is 1.95 bits per heavy atom. The lowest BCUT2D eigenvalue weighted by molar-refractivity contribution is -0.149. The number of fused-ring (bicyclic) bond motifs is 1. The van der Waals surface area contributed by atoms with E-state index >= 15 is 0 Å². The fraction of sp³-hybridized carbons (Fsp3) is 0.333. The summed E-state index contributed by atoms with van der Waals surface area (Å²) in [7, 11) is 0. The molecule has 1 atom stereocenters. The van der Waals surface area contributed by atoms with Gasteiger partial charge in [0.05, 0.1) is 18.1 Å². The highest BCUT2D eigenvalue weighted by Crippen LogP contribution is 2.32. The third-order valence-corrected chi connectivity index (χ3v) is 3.85. The Morgan fingerprint density at radius 3 is 2.62 bits per heavy atom. The molecular weight excluding hydrogens is 262 g/mol. The maximum atomic E-state index is 12.4. The molecule has 0 N–H and O–H groups in total. The van der Waals surface area contributed by atoms with Crippen LogP contribution in [0.25, 0.3) is 10.8 Å². The van der Waals surface area contributed by atoms with E-state index in [9.17, 15) is 4.79 Å². The number of ether oxygens (including phenoxy) is 1. The van der Waals surface area contributed by atoms with Crippen molar-refractivity contribution in [2.75, 3.05) is 6.61 Å². The summed E-state index contributed by atoms with van der Waals surface area (Å²) >= 11 is 0. The minimum atomic E-state index is -0.782. The zero-order chi connectivity index (χ0) is 15.3. The molecule has 0 aliphatic rings. The van der Waals surface area contributed by atoms with Gasteiger partial charge in [-0.25, -0.2) is 0 Å². The van der Waals surface area contributed by atoms with Crippen LogP contribution in [0.2, 0.25) is 0 Å². The summed E-state index contributed by atoms with van der Waals surface area (Å²) in [5.41, 5.74) is 0.116. The molecule has 21 heavy (non-hydrogen) atoms. The Labute approximate surface area is 125 Å². The number of nitrogens with zero attached hydrogens (tertiary/aromatic N) is 1. The Hall–Kier alpha value is -2.34. The Morgan fingerprint density at radius 1 is 1.24 bits per heavy atom. The van der Waals surface area contributed by atoms with Crippen LogP contribution in [0.4, 0.5) is 0 Å². The summed E-state index contributed by atoms with van der Waals surface area (Å²) in [6.45, 7) is 3.99. The van der Waals surface area contributed by atoms with Crippen LogP contribution in [-0.2, 0) is 14.9 Å². The van der Waals surface area contributed by atoms with Gasteiger partial charge in [-0.2, -0.15) is 5.26 Å². The summed E-state index contributed by atoms with van der Waals surface area (Å²) in [5.74, 6) is -0.268. The third kappa shape index (κ3) is 3.05. The molecule has 1 unspecified atom stereocenters. The first-order valence-corrected chi connectivity index (χ1v) is 7.15. The molecule has 0 aliphatic heterocycles. The highest BCUT2D eigenvalue weighted by atomic mass is 16.5. The fourth-order valence-electron chi connectivity index (χ4n) is 2.49. The molecule has 0 saturated heterocycles. The molecule has 0 spiro atoms. The van der Waals surface area contributed by atoms with Gasteiger partial charge in [0.25, 0.3) is 0 Å². The second-order valence-electron chi connectivity index (χ2n) is 5.27. The van der Waals surface area contributed by atoms with Crippen molar-refractivity contribution in [3.63, 3.8) is 0 Å². The number of carbonyl (C=O) groups excluding carboxylic acids is 1. The largest absolute Gasteiger partial charge is 0.465 e. The Bertz CT molecular complexity index is 687. The zero-order valence-electron chi connectivity index (χ0n) is 12.4.